The Morgan fingerprint density at radius 2 is 0.531 bits per heavy atom. The lowest BCUT2D eigenvalue weighted by molar-refractivity contribution is 0.0580. The van der Waals surface area contributed by atoms with Crippen molar-refractivity contribution in [1.82, 2.24) is 9.80 Å². The quantitative estimate of drug-likeness (QED) is 0.0456. The molecule has 10 heteroatoms. The summed E-state index contributed by atoms with van der Waals surface area (Å²) in [7, 11) is -0.456. The number of nitrogens with zero attached hydrogens (tertiary/aromatic N) is 2. The van der Waals surface area contributed by atoms with E-state index >= 15 is 0 Å². The summed E-state index contributed by atoms with van der Waals surface area (Å²) in [5.41, 5.74) is 0. The Balaban J connectivity index is 3.97. The number of rotatable bonds is 40. The molecule has 0 spiro atoms. The molecule has 0 radical (unpaired) electrons. The van der Waals surface area contributed by atoms with Crippen LogP contribution in [-0.4, -0.2) is 107 Å². The first kappa shape index (κ1) is 49.1. The topological polar surface area (TPSA) is 61.9 Å². The zero-order valence-electron chi connectivity index (χ0n) is 34.3. The largest absolute Gasteiger partial charge is 0.500 e. The van der Waals surface area contributed by atoms with Gasteiger partial charge in [-0.05, 0) is 111 Å². The van der Waals surface area contributed by atoms with Crippen LogP contribution in [0, 0.1) is 0 Å². The molecule has 0 unspecified atom stereocenters. The molecule has 0 aromatic heterocycles. The highest BCUT2D eigenvalue weighted by molar-refractivity contribution is 6.61. The Morgan fingerprint density at radius 1 is 0.306 bits per heavy atom. The highest BCUT2D eigenvalue weighted by atomic mass is 28.4. The van der Waals surface area contributed by atoms with Gasteiger partial charge >= 0.3 is 17.6 Å². The van der Waals surface area contributed by atoms with E-state index in [1.165, 1.54) is 96.8 Å². The second-order valence-electron chi connectivity index (χ2n) is 14.2. The van der Waals surface area contributed by atoms with E-state index in [2.05, 4.69) is 65.4 Å². The number of unbranched alkanes of at least 4 members (excludes halogenated alkanes) is 10. The Bertz CT molecular complexity index is 584. The maximum atomic E-state index is 6.25. The molecule has 0 aliphatic heterocycles. The van der Waals surface area contributed by atoms with Crippen LogP contribution in [0.25, 0.3) is 0 Å². The summed E-state index contributed by atoms with van der Waals surface area (Å²) in [4.78, 5) is 5.06. The lowest BCUT2D eigenvalue weighted by Gasteiger charge is -2.29. The van der Waals surface area contributed by atoms with Crippen LogP contribution in [-0.2, 0) is 26.6 Å². The molecule has 49 heavy (non-hydrogen) atoms. The van der Waals surface area contributed by atoms with Crippen molar-refractivity contribution in [3.63, 3.8) is 0 Å². The van der Waals surface area contributed by atoms with Gasteiger partial charge < -0.3 is 36.4 Å². The van der Waals surface area contributed by atoms with Crippen LogP contribution in [0.1, 0.15) is 164 Å². The molecule has 0 N–H and O–H groups in total. The minimum absolute atomic E-state index is 0.744. The molecule has 0 heterocycles. The lowest BCUT2D eigenvalue weighted by Crippen LogP contribution is -2.46. The van der Waals surface area contributed by atoms with Gasteiger partial charge in [0.15, 0.2) is 0 Å². The standard InChI is InChI=1S/C39H86N2O6Si2/c1-9-32-42-48(43-33-10-2,44-34-11-3)38-25-21-17-15-19-23-28-40(7)30-27-31-41(8)29-24-20-16-18-22-26-39-49(45-35-12-4,46-36-13-5)47-37-14-6/h9-39H2,1-8H3. The first-order valence-corrected chi connectivity index (χ1v) is 24.9. The predicted molar refractivity (Wildman–Crippen MR) is 214 cm³/mol. The van der Waals surface area contributed by atoms with Crippen molar-refractivity contribution in [1.29, 1.82) is 0 Å². The molecule has 0 aliphatic rings. The summed E-state index contributed by atoms with van der Waals surface area (Å²) in [6.45, 7) is 22.2. The van der Waals surface area contributed by atoms with E-state index in [0.717, 1.165) is 103 Å². The van der Waals surface area contributed by atoms with Gasteiger partial charge in [0.2, 0.25) is 0 Å². The van der Waals surface area contributed by atoms with Gasteiger partial charge in [-0.1, -0.05) is 92.9 Å². The van der Waals surface area contributed by atoms with Crippen molar-refractivity contribution in [2.45, 2.75) is 176 Å². The summed E-state index contributed by atoms with van der Waals surface area (Å²) < 4.78 is 37.5. The fourth-order valence-corrected chi connectivity index (χ4v) is 11.7. The van der Waals surface area contributed by atoms with Crippen molar-refractivity contribution in [2.24, 2.45) is 0 Å². The van der Waals surface area contributed by atoms with Gasteiger partial charge in [-0.2, -0.15) is 0 Å². The maximum absolute atomic E-state index is 6.25. The minimum atomic E-state index is -2.52. The van der Waals surface area contributed by atoms with Crippen LogP contribution in [0.5, 0.6) is 0 Å². The minimum Gasteiger partial charge on any atom is -0.373 e. The van der Waals surface area contributed by atoms with Crippen LogP contribution >= 0.6 is 0 Å². The van der Waals surface area contributed by atoms with Gasteiger partial charge in [0, 0.05) is 51.7 Å². The van der Waals surface area contributed by atoms with Crippen molar-refractivity contribution < 1.29 is 26.6 Å². The van der Waals surface area contributed by atoms with Crippen molar-refractivity contribution in [3.05, 3.63) is 0 Å². The molecule has 0 amide bonds. The van der Waals surface area contributed by atoms with Gasteiger partial charge in [0.25, 0.3) is 0 Å². The summed E-state index contributed by atoms with van der Waals surface area (Å²) in [5, 5.41) is 0. The Morgan fingerprint density at radius 3 is 0.796 bits per heavy atom. The summed E-state index contributed by atoms with van der Waals surface area (Å²) in [6.07, 6.45) is 22.6. The fourth-order valence-electron chi connectivity index (χ4n) is 5.92. The van der Waals surface area contributed by atoms with Crippen LogP contribution < -0.4 is 0 Å². The third-order valence-electron chi connectivity index (χ3n) is 8.78. The zero-order chi connectivity index (χ0) is 36.3. The second-order valence-corrected chi connectivity index (χ2v) is 19.6. The molecule has 296 valence electrons. The van der Waals surface area contributed by atoms with Crippen LogP contribution in [0.2, 0.25) is 12.1 Å². The molecule has 0 aromatic carbocycles. The molecule has 0 bridgehead atoms. The molecule has 0 saturated carbocycles. The molecule has 0 saturated heterocycles. The monoisotopic (exact) mass is 735 g/mol. The van der Waals surface area contributed by atoms with Gasteiger partial charge in [0.05, 0.1) is 0 Å². The first-order valence-electron chi connectivity index (χ1n) is 21.1. The summed E-state index contributed by atoms with van der Waals surface area (Å²) >= 11 is 0. The highest BCUT2D eigenvalue weighted by Gasteiger charge is 2.41. The Labute approximate surface area is 308 Å². The number of hydrogen-bond donors (Lipinski definition) is 0. The van der Waals surface area contributed by atoms with Crippen LogP contribution in [0.4, 0.5) is 0 Å². The summed E-state index contributed by atoms with van der Waals surface area (Å²) in [5.74, 6) is 0. The van der Waals surface area contributed by atoms with Crippen LogP contribution in [0.3, 0.4) is 0 Å². The SMILES string of the molecule is CCCO[Si](CCCCCCCCN(C)CCCN(C)CCCCCCCC[Si](OCCC)(OCCC)OCCC)(OCCC)OCCC. The van der Waals surface area contributed by atoms with Crippen molar-refractivity contribution in [3.8, 4) is 0 Å². The second kappa shape index (κ2) is 35.2. The van der Waals surface area contributed by atoms with E-state index in [1.54, 1.807) is 0 Å². The molecule has 0 atom stereocenters. The lowest BCUT2D eigenvalue weighted by atomic mass is 10.1. The average Bonchev–Trinajstić information content (AvgIpc) is 3.11. The third-order valence-corrected chi connectivity index (χ3v) is 14.6. The maximum Gasteiger partial charge on any atom is 0.500 e. The van der Waals surface area contributed by atoms with Crippen LogP contribution in [0.15, 0.2) is 0 Å². The summed E-state index contributed by atoms with van der Waals surface area (Å²) in [6, 6.07) is 1.93. The van der Waals surface area contributed by atoms with E-state index in [4.69, 9.17) is 26.6 Å². The fraction of sp³-hybridized carbons (Fsp3) is 1.00. The predicted octanol–water partition coefficient (Wildman–Crippen LogP) is 10.4. The van der Waals surface area contributed by atoms with E-state index in [1.807, 2.05) is 0 Å². The van der Waals surface area contributed by atoms with Gasteiger partial charge in [-0.25, -0.2) is 0 Å². The number of hydrogen-bond acceptors (Lipinski definition) is 8. The molecule has 0 rings (SSSR count). The molecular weight excluding hydrogens is 649 g/mol. The first-order chi connectivity index (χ1) is 23.9. The third kappa shape index (κ3) is 28.3. The zero-order valence-corrected chi connectivity index (χ0v) is 36.3. The van der Waals surface area contributed by atoms with Gasteiger partial charge in [-0.15, -0.1) is 0 Å². The van der Waals surface area contributed by atoms with Gasteiger partial charge in [-0.3, -0.25) is 0 Å². The van der Waals surface area contributed by atoms with E-state index < -0.39 is 17.6 Å². The highest BCUT2D eigenvalue weighted by Crippen LogP contribution is 2.23. The van der Waals surface area contributed by atoms with E-state index in [0.29, 0.717) is 0 Å². The average molecular weight is 735 g/mol. The van der Waals surface area contributed by atoms with Gasteiger partial charge in [0.1, 0.15) is 0 Å². The smallest absolute Gasteiger partial charge is 0.373 e. The van der Waals surface area contributed by atoms with Crippen molar-refractivity contribution in [2.75, 3.05) is 79.9 Å². The van der Waals surface area contributed by atoms with E-state index in [-0.39, 0.29) is 0 Å². The Hall–Kier alpha value is 0.114. The van der Waals surface area contributed by atoms with Crippen molar-refractivity contribution >= 4 is 17.6 Å². The molecule has 0 fully saturated rings. The molecular formula is C39H86N2O6Si2. The molecule has 0 aliphatic carbocycles. The molecule has 0 aromatic rings. The molecule has 8 nitrogen and oxygen atoms in total. The normalized spacial score (nSPS) is 12.6. The Kier molecular flexibility index (Phi) is 35.2. The van der Waals surface area contributed by atoms with E-state index in [9.17, 15) is 0 Å².